The van der Waals surface area contributed by atoms with Gasteiger partial charge in [0.25, 0.3) is 0 Å². The van der Waals surface area contributed by atoms with E-state index >= 15 is 0 Å². The fourth-order valence-electron chi connectivity index (χ4n) is 2.35. The molecule has 1 saturated heterocycles. The molecule has 1 atom stereocenters. The topological polar surface area (TPSA) is 66.8 Å². The SMILES string of the molecule is Cc1sc(Br)cc1S(=O)(=O)N1CC(CO)OC(C)(C)C1. The maximum Gasteiger partial charge on any atom is 0.244 e. The van der Waals surface area contributed by atoms with Gasteiger partial charge in [0.2, 0.25) is 10.0 Å². The minimum atomic E-state index is -3.56. The van der Waals surface area contributed by atoms with Crippen molar-refractivity contribution in [3.05, 3.63) is 14.7 Å². The molecule has 1 aromatic rings. The molecule has 2 rings (SSSR count). The van der Waals surface area contributed by atoms with Crippen LogP contribution in [0.1, 0.15) is 18.7 Å². The first kappa shape index (κ1) is 16.4. The van der Waals surface area contributed by atoms with Crippen LogP contribution in [0, 0.1) is 6.92 Å². The zero-order chi connectivity index (χ0) is 15.1. The van der Waals surface area contributed by atoms with Crippen LogP contribution in [0.4, 0.5) is 0 Å². The number of hydrogen-bond acceptors (Lipinski definition) is 5. The van der Waals surface area contributed by atoms with Gasteiger partial charge in [-0.15, -0.1) is 11.3 Å². The molecule has 1 N–H and O–H groups in total. The van der Waals surface area contributed by atoms with Crippen LogP contribution in [0.2, 0.25) is 0 Å². The average Bonchev–Trinajstić information content (AvgIpc) is 2.67. The summed E-state index contributed by atoms with van der Waals surface area (Å²) in [6.45, 7) is 5.70. The van der Waals surface area contributed by atoms with E-state index in [1.54, 1.807) is 13.0 Å². The van der Waals surface area contributed by atoms with E-state index in [0.717, 1.165) is 8.66 Å². The van der Waals surface area contributed by atoms with E-state index in [4.69, 9.17) is 4.74 Å². The van der Waals surface area contributed by atoms with E-state index in [9.17, 15) is 13.5 Å². The Labute approximate surface area is 131 Å². The lowest BCUT2D eigenvalue weighted by Gasteiger charge is -2.41. The summed E-state index contributed by atoms with van der Waals surface area (Å²) in [5.41, 5.74) is -0.611. The van der Waals surface area contributed by atoms with Crippen LogP contribution in [0.3, 0.4) is 0 Å². The number of morpholine rings is 1. The molecule has 0 amide bonds. The molecular formula is C12H18BrNO4S2. The Balaban J connectivity index is 2.36. The van der Waals surface area contributed by atoms with E-state index in [-0.39, 0.29) is 19.7 Å². The Hall–Kier alpha value is 0.01000. The minimum Gasteiger partial charge on any atom is -0.394 e. The molecule has 1 fully saturated rings. The molecule has 1 aromatic heterocycles. The summed E-state index contributed by atoms with van der Waals surface area (Å²) in [4.78, 5) is 1.07. The van der Waals surface area contributed by atoms with Crippen molar-refractivity contribution in [2.45, 2.75) is 37.4 Å². The number of aliphatic hydroxyl groups is 1. The Morgan fingerprint density at radius 3 is 2.75 bits per heavy atom. The highest BCUT2D eigenvalue weighted by atomic mass is 79.9. The summed E-state index contributed by atoms with van der Waals surface area (Å²) >= 11 is 4.72. The van der Waals surface area contributed by atoms with E-state index < -0.39 is 21.7 Å². The first-order valence-electron chi connectivity index (χ1n) is 6.20. The predicted molar refractivity (Wildman–Crippen MR) is 81.6 cm³/mol. The largest absolute Gasteiger partial charge is 0.394 e. The highest BCUT2D eigenvalue weighted by Gasteiger charge is 2.40. The lowest BCUT2D eigenvalue weighted by Crippen LogP contribution is -2.55. The predicted octanol–water partition coefficient (Wildman–Crippen LogP) is 1.98. The van der Waals surface area contributed by atoms with Crippen molar-refractivity contribution in [3.63, 3.8) is 0 Å². The number of thiophene rings is 1. The summed E-state index contributed by atoms with van der Waals surface area (Å²) in [5.74, 6) is 0. The van der Waals surface area contributed by atoms with E-state index in [2.05, 4.69) is 15.9 Å². The molecule has 0 spiro atoms. The van der Waals surface area contributed by atoms with E-state index in [0.29, 0.717) is 4.90 Å². The first-order chi connectivity index (χ1) is 9.15. The zero-order valence-electron chi connectivity index (χ0n) is 11.6. The Morgan fingerprint density at radius 2 is 2.25 bits per heavy atom. The summed E-state index contributed by atoms with van der Waals surface area (Å²) in [6, 6.07) is 1.63. The van der Waals surface area contributed by atoms with Gasteiger partial charge in [-0.25, -0.2) is 8.42 Å². The summed E-state index contributed by atoms with van der Waals surface area (Å²) < 4.78 is 33.3. The maximum atomic E-state index is 12.7. The summed E-state index contributed by atoms with van der Waals surface area (Å²) in [5, 5.41) is 9.28. The monoisotopic (exact) mass is 383 g/mol. The molecule has 0 bridgehead atoms. The molecule has 20 heavy (non-hydrogen) atoms. The molecular weight excluding hydrogens is 366 g/mol. The Morgan fingerprint density at radius 1 is 1.60 bits per heavy atom. The molecule has 114 valence electrons. The highest BCUT2D eigenvalue weighted by molar-refractivity contribution is 9.11. The van der Waals surface area contributed by atoms with Crippen LogP contribution in [0.15, 0.2) is 14.7 Å². The van der Waals surface area contributed by atoms with Gasteiger partial charge < -0.3 is 9.84 Å². The van der Waals surface area contributed by atoms with Gasteiger partial charge in [-0.2, -0.15) is 4.31 Å². The van der Waals surface area contributed by atoms with Crippen LogP contribution in [-0.4, -0.2) is 49.2 Å². The number of sulfonamides is 1. The van der Waals surface area contributed by atoms with E-state index in [1.165, 1.54) is 15.6 Å². The maximum absolute atomic E-state index is 12.7. The van der Waals surface area contributed by atoms with Gasteiger partial charge in [0.15, 0.2) is 0 Å². The lowest BCUT2D eigenvalue weighted by molar-refractivity contribution is -0.131. The Kier molecular flexibility index (Phi) is 4.63. The third-order valence-corrected chi connectivity index (χ3v) is 6.73. The summed E-state index contributed by atoms with van der Waals surface area (Å²) in [6.07, 6.45) is -0.490. The third kappa shape index (κ3) is 3.26. The fourth-order valence-corrected chi connectivity index (χ4v) is 6.35. The second-order valence-corrected chi connectivity index (χ2v) is 9.99. The van der Waals surface area contributed by atoms with Gasteiger partial charge in [0.1, 0.15) is 0 Å². The molecule has 5 nitrogen and oxygen atoms in total. The van der Waals surface area contributed by atoms with Gasteiger partial charge in [-0.3, -0.25) is 0 Å². The van der Waals surface area contributed by atoms with Gasteiger partial charge in [-0.05, 0) is 42.8 Å². The number of aliphatic hydroxyl groups excluding tert-OH is 1. The van der Waals surface area contributed by atoms with Crippen LogP contribution < -0.4 is 0 Å². The zero-order valence-corrected chi connectivity index (χ0v) is 14.8. The first-order valence-corrected chi connectivity index (χ1v) is 9.25. The molecule has 1 unspecified atom stereocenters. The third-order valence-electron chi connectivity index (χ3n) is 3.11. The smallest absolute Gasteiger partial charge is 0.244 e. The molecule has 2 heterocycles. The molecule has 8 heteroatoms. The van der Waals surface area contributed by atoms with Crippen molar-refractivity contribution in [2.75, 3.05) is 19.7 Å². The quantitative estimate of drug-likeness (QED) is 0.866. The van der Waals surface area contributed by atoms with Crippen LogP contribution >= 0.6 is 27.3 Å². The minimum absolute atomic E-state index is 0.176. The summed E-state index contributed by atoms with van der Waals surface area (Å²) in [7, 11) is -3.56. The van der Waals surface area contributed by atoms with E-state index in [1.807, 2.05) is 13.8 Å². The van der Waals surface area contributed by atoms with Crippen molar-refractivity contribution < 1.29 is 18.3 Å². The standard InChI is InChI=1S/C12H18BrNO4S2/c1-8-10(4-11(13)19-8)20(16,17)14-5-9(6-15)18-12(2,3)7-14/h4,9,15H,5-7H2,1-3H3. The van der Waals surface area contributed by atoms with Crippen molar-refractivity contribution in [2.24, 2.45) is 0 Å². The fraction of sp³-hybridized carbons (Fsp3) is 0.667. The molecule has 0 aliphatic carbocycles. The van der Waals surface area contributed by atoms with Gasteiger partial charge in [0, 0.05) is 18.0 Å². The molecule has 0 saturated carbocycles. The average molecular weight is 384 g/mol. The molecule has 0 aromatic carbocycles. The molecule has 1 aliphatic rings. The normalized spacial score (nSPS) is 23.9. The number of aryl methyl sites for hydroxylation is 1. The number of halogens is 1. The van der Waals surface area contributed by atoms with Crippen LogP contribution in [-0.2, 0) is 14.8 Å². The highest BCUT2D eigenvalue weighted by Crippen LogP contribution is 2.33. The molecule has 1 aliphatic heterocycles. The van der Waals surface area contributed by atoms with Crippen LogP contribution in [0.25, 0.3) is 0 Å². The Bertz CT molecular complexity index is 597. The van der Waals surface area contributed by atoms with Crippen LogP contribution in [0.5, 0.6) is 0 Å². The number of nitrogens with zero attached hydrogens (tertiary/aromatic N) is 1. The van der Waals surface area contributed by atoms with Crippen molar-refractivity contribution in [3.8, 4) is 0 Å². The number of ether oxygens (including phenoxy) is 1. The number of rotatable bonds is 3. The van der Waals surface area contributed by atoms with Gasteiger partial charge >= 0.3 is 0 Å². The lowest BCUT2D eigenvalue weighted by atomic mass is 10.1. The second kappa shape index (κ2) is 5.66. The number of hydrogen-bond donors (Lipinski definition) is 1. The molecule has 0 radical (unpaired) electrons. The van der Waals surface area contributed by atoms with Crippen molar-refractivity contribution in [1.82, 2.24) is 4.31 Å². The van der Waals surface area contributed by atoms with Crippen molar-refractivity contribution >= 4 is 37.3 Å². The second-order valence-electron chi connectivity index (χ2n) is 5.45. The van der Waals surface area contributed by atoms with Crippen molar-refractivity contribution in [1.29, 1.82) is 0 Å². The van der Waals surface area contributed by atoms with Gasteiger partial charge in [0.05, 0.1) is 27.0 Å². The van der Waals surface area contributed by atoms with Gasteiger partial charge in [-0.1, -0.05) is 0 Å².